The van der Waals surface area contributed by atoms with E-state index in [9.17, 15) is 18.0 Å². The summed E-state index contributed by atoms with van der Waals surface area (Å²) < 4.78 is 41.2. The lowest BCUT2D eigenvalue weighted by Gasteiger charge is -2.35. The van der Waals surface area contributed by atoms with Gasteiger partial charge in [-0.15, -0.1) is 5.10 Å². The molecule has 2 atom stereocenters. The standard InChI is InChI=1S/C19H18ClF3N6O/c1-11-16-14(29(27-26-16)18(2)10-24-7-8-25-18)6-9-28(11)17(30)12-4-3-5-13(15(12)20)19(21,22)23/h3-5,7-8,10-11,25H,6,9H2,1-2H3. The molecule has 0 bridgehead atoms. The van der Waals surface area contributed by atoms with Crippen LogP contribution in [0.25, 0.3) is 0 Å². The molecular weight excluding hydrogens is 421 g/mol. The number of amides is 1. The highest BCUT2D eigenvalue weighted by Gasteiger charge is 2.39. The quantitative estimate of drug-likeness (QED) is 0.778. The van der Waals surface area contributed by atoms with Crippen LogP contribution in [0.4, 0.5) is 13.2 Å². The largest absolute Gasteiger partial charge is 0.417 e. The number of aromatic nitrogens is 3. The molecule has 1 aromatic carbocycles. The zero-order valence-corrected chi connectivity index (χ0v) is 16.9. The minimum absolute atomic E-state index is 0.188. The van der Waals surface area contributed by atoms with Gasteiger partial charge in [-0.2, -0.15) is 13.2 Å². The third kappa shape index (κ3) is 3.24. The minimum atomic E-state index is -4.64. The first-order valence-electron chi connectivity index (χ1n) is 9.22. The number of rotatable bonds is 2. The predicted molar refractivity (Wildman–Crippen MR) is 104 cm³/mol. The molecule has 11 heteroatoms. The highest BCUT2D eigenvalue weighted by atomic mass is 35.5. The van der Waals surface area contributed by atoms with E-state index < -0.39 is 34.4 Å². The highest BCUT2D eigenvalue weighted by Crippen LogP contribution is 2.38. The van der Waals surface area contributed by atoms with Crippen molar-refractivity contribution in [3.8, 4) is 0 Å². The average Bonchev–Trinajstić information content (AvgIpc) is 3.14. The van der Waals surface area contributed by atoms with Crippen LogP contribution in [0.2, 0.25) is 5.02 Å². The topological polar surface area (TPSA) is 75.4 Å². The molecule has 158 valence electrons. The second-order valence-electron chi connectivity index (χ2n) is 7.31. The van der Waals surface area contributed by atoms with E-state index in [0.29, 0.717) is 12.1 Å². The van der Waals surface area contributed by atoms with Crippen LogP contribution in [0.1, 0.15) is 47.2 Å². The number of hydrogen-bond acceptors (Lipinski definition) is 5. The number of alkyl halides is 3. The number of hydrogen-bond donors (Lipinski definition) is 1. The van der Waals surface area contributed by atoms with E-state index in [1.165, 1.54) is 17.0 Å². The van der Waals surface area contributed by atoms with Gasteiger partial charge in [0, 0.05) is 25.4 Å². The van der Waals surface area contributed by atoms with Gasteiger partial charge in [-0.05, 0) is 26.0 Å². The summed E-state index contributed by atoms with van der Waals surface area (Å²) >= 11 is 5.95. The molecule has 0 radical (unpaired) electrons. The summed E-state index contributed by atoms with van der Waals surface area (Å²) in [5.41, 5.74) is -0.504. The summed E-state index contributed by atoms with van der Waals surface area (Å²) in [6, 6.07) is 2.85. The van der Waals surface area contributed by atoms with Crippen LogP contribution in [-0.4, -0.2) is 38.6 Å². The SMILES string of the molecule is CC1c2nnn(C3(C)C=NC=CN3)c2CCN1C(=O)c1cccc(C(F)(F)F)c1Cl. The molecule has 1 N–H and O–H groups in total. The van der Waals surface area contributed by atoms with Crippen molar-refractivity contribution in [2.75, 3.05) is 6.54 Å². The number of carbonyl (C=O) groups is 1. The van der Waals surface area contributed by atoms with E-state index in [1.54, 1.807) is 30.2 Å². The zero-order valence-electron chi connectivity index (χ0n) is 16.1. The van der Waals surface area contributed by atoms with Gasteiger partial charge in [0.05, 0.1) is 34.1 Å². The van der Waals surface area contributed by atoms with Crippen LogP contribution in [0, 0.1) is 0 Å². The highest BCUT2D eigenvalue weighted by molar-refractivity contribution is 6.34. The van der Waals surface area contributed by atoms with E-state index in [2.05, 4.69) is 20.6 Å². The van der Waals surface area contributed by atoms with Gasteiger partial charge in [-0.3, -0.25) is 9.79 Å². The Morgan fingerprint density at radius 3 is 2.80 bits per heavy atom. The summed E-state index contributed by atoms with van der Waals surface area (Å²) in [5, 5.41) is 11.1. The van der Waals surface area contributed by atoms with E-state index in [0.717, 1.165) is 11.8 Å². The monoisotopic (exact) mass is 438 g/mol. The Kier molecular flexibility index (Phi) is 4.84. The third-order valence-electron chi connectivity index (χ3n) is 5.34. The molecule has 2 aliphatic rings. The Hall–Kier alpha value is -2.88. The summed E-state index contributed by atoms with van der Waals surface area (Å²) in [6.45, 7) is 3.94. The van der Waals surface area contributed by atoms with E-state index in [4.69, 9.17) is 11.6 Å². The van der Waals surface area contributed by atoms with Crippen LogP contribution in [0.15, 0.2) is 35.6 Å². The van der Waals surface area contributed by atoms with Crippen molar-refractivity contribution in [1.82, 2.24) is 25.2 Å². The normalized spacial score (nSPS) is 23.3. The van der Waals surface area contributed by atoms with Crippen molar-refractivity contribution < 1.29 is 18.0 Å². The van der Waals surface area contributed by atoms with Crippen molar-refractivity contribution in [2.24, 2.45) is 4.99 Å². The second kappa shape index (κ2) is 7.12. The number of halogens is 4. The lowest BCUT2D eigenvalue weighted by molar-refractivity contribution is -0.137. The molecule has 0 saturated carbocycles. The van der Waals surface area contributed by atoms with E-state index >= 15 is 0 Å². The van der Waals surface area contributed by atoms with Gasteiger partial charge in [0.1, 0.15) is 5.69 Å². The van der Waals surface area contributed by atoms with Gasteiger partial charge in [0.15, 0.2) is 5.66 Å². The molecule has 3 heterocycles. The van der Waals surface area contributed by atoms with Gasteiger partial charge in [-0.25, -0.2) is 4.68 Å². The molecule has 0 saturated heterocycles. The van der Waals surface area contributed by atoms with Crippen molar-refractivity contribution in [3.05, 3.63) is 58.1 Å². The van der Waals surface area contributed by atoms with Gasteiger partial charge in [0.2, 0.25) is 0 Å². The number of fused-ring (bicyclic) bond motifs is 1. The number of nitrogens with one attached hydrogen (secondary N) is 1. The molecule has 4 rings (SSSR count). The van der Waals surface area contributed by atoms with Gasteiger partial charge >= 0.3 is 6.18 Å². The van der Waals surface area contributed by atoms with Gasteiger partial charge < -0.3 is 10.2 Å². The molecule has 0 aliphatic carbocycles. The number of benzene rings is 1. The summed E-state index contributed by atoms with van der Waals surface area (Å²) in [4.78, 5) is 18.7. The van der Waals surface area contributed by atoms with Crippen molar-refractivity contribution in [3.63, 3.8) is 0 Å². The molecule has 2 aliphatic heterocycles. The molecule has 1 aromatic heterocycles. The van der Waals surface area contributed by atoms with Crippen LogP contribution in [0.5, 0.6) is 0 Å². The maximum absolute atomic E-state index is 13.2. The summed E-state index contributed by atoms with van der Waals surface area (Å²) in [5.74, 6) is -0.578. The zero-order chi connectivity index (χ0) is 21.7. The molecular formula is C19H18ClF3N6O. The van der Waals surface area contributed by atoms with Gasteiger partial charge in [-0.1, -0.05) is 22.9 Å². The lowest BCUT2D eigenvalue weighted by atomic mass is 10.0. The van der Waals surface area contributed by atoms with Crippen LogP contribution in [0.3, 0.4) is 0 Å². The Bertz CT molecular complexity index is 1060. The molecule has 1 amide bonds. The third-order valence-corrected chi connectivity index (χ3v) is 5.75. The Labute approximate surface area is 175 Å². The van der Waals surface area contributed by atoms with Crippen LogP contribution < -0.4 is 5.32 Å². The van der Waals surface area contributed by atoms with Gasteiger partial charge in [0.25, 0.3) is 5.91 Å². The molecule has 30 heavy (non-hydrogen) atoms. The maximum Gasteiger partial charge on any atom is 0.417 e. The first kappa shape index (κ1) is 20.4. The second-order valence-corrected chi connectivity index (χ2v) is 7.69. The maximum atomic E-state index is 13.2. The fraction of sp³-hybridized carbons (Fsp3) is 0.368. The number of aliphatic imine (C=N–C) groups is 1. The molecule has 0 fully saturated rings. The first-order valence-corrected chi connectivity index (χ1v) is 9.60. The smallest absolute Gasteiger partial charge is 0.362 e. The molecule has 0 spiro atoms. The Balaban J connectivity index is 1.65. The van der Waals surface area contributed by atoms with Crippen molar-refractivity contribution in [1.29, 1.82) is 0 Å². The Morgan fingerprint density at radius 1 is 1.37 bits per heavy atom. The fourth-order valence-corrected chi connectivity index (χ4v) is 4.07. The summed E-state index contributed by atoms with van der Waals surface area (Å²) in [6.07, 6.45) is 0.810. The first-order chi connectivity index (χ1) is 14.1. The van der Waals surface area contributed by atoms with Crippen molar-refractivity contribution in [2.45, 2.75) is 38.1 Å². The van der Waals surface area contributed by atoms with E-state index in [1.807, 2.05) is 6.92 Å². The fourth-order valence-electron chi connectivity index (χ4n) is 3.75. The Morgan fingerprint density at radius 2 is 2.13 bits per heavy atom. The lowest BCUT2D eigenvalue weighted by Crippen LogP contribution is -2.48. The molecule has 2 aromatic rings. The number of nitrogens with zero attached hydrogens (tertiary/aromatic N) is 5. The van der Waals surface area contributed by atoms with Crippen LogP contribution >= 0.6 is 11.6 Å². The summed E-state index contributed by atoms with van der Waals surface area (Å²) in [7, 11) is 0. The van der Waals surface area contributed by atoms with Crippen LogP contribution in [-0.2, 0) is 18.3 Å². The molecule has 7 nitrogen and oxygen atoms in total. The number of carbonyl (C=O) groups excluding carboxylic acids is 1. The molecule has 2 unspecified atom stereocenters. The predicted octanol–water partition coefficient (Wildman–Crippen LogP) is 3.53. The van der Waals surface area contributed by atoms with E-state index in [-0.39, 0.29) is 12.1 Å². The van der Waals surface area contributed by atoms with Crippen molar-refractivity contribution >= 4 is 23.7 Å². The average molecular weight is 439 g/mol. The minimum Gasteiger partial charge on any atom is -0.362 e.